The molecule has 0 spiro atoms. The molecule has 23 heavy (non-hydrogen) atoms. The van der Waals surface area contributed by atoms with Crippen LogP contribution in [-0.4, -0.2) is 50.9 Å². The number of carboxylic acids is 4. The monoisotopic (exact) mass is 332 g/mol. The molecule has 0 saturated carbocycles. The maximum Gasteiger partial charge on any atom is 0.370 e. The van der Waals surface area contributed by atoms with Gasteiger partial charge in [0.1, 0.15) is 0 Å². The number of hydrogen-bond acceptors (Lipinski definition) is 5. The van der Waals surface area contributed by atoms with Crippen LogP contribution in [0.1, 0.15) is 6.92 Å². The molecule has 0 bridgehead atoms. The van der Waals surface area contributed by atoms with Gasteiger partial charge in [0.05, 0.1) is 6.61 Å². The van der Waals surface area contributed by atoms with Gasteiger partial charge in [0, 0.05) is 18.2 Å². The topological polar surface area (TPSA) is 158 Å². The number of ether oxygens (including phenoxy) is 1. The summed E-state index contributed by atoms with van der Waals surface area (Å²) < 4.78 is 4.51. The van der Waals surface area contributed by atoms with E-state index in [9.17, 15) is 19.2 Å². The van der Waals surface area contributed by atoms with E-state index in [1.165, 1.54) is 0 Å². The van der Waals surface area contributed by atoms with E-state index < -0.39 is 23.9 Å². The number of carboxylic acid groups (broad SMARTS) is 4. The molecule has 0 amide bonds. The first-order chi connectivity index (χ1) is 10.5. The molecule has 9 nitrogen and oxygen atoms in total. The maximum absolute atomic E-state index is 9.86. The van der Waals surface area contributed by atoms with Crippen LogP contribution in [0.25, 0.3) is 0 Å². The molecule has 0 aliphatic rings. The minimum Gasteiger partial charge on any atom is -0.487 e. The fraction of sp³-hybridized carbons (Fsp3) is 0.143. The van der Waals surface area contributed by atoms with E-state index in [1.807, 2.05) is 0 Å². The molecule has 0 aliphatic carbocycles. The van der Waals surface area contributed by atoms with Crippen LogP contribution in [0.4, 0.5) is 0 Å². The van der Waals surface area contributed by atoms with E-state index in [2.05, 4.69) is 31.1 Å². The van der Waals surface area contributed by atoms with Crippen LogP contribution in [0.5, 0.6) is 0 Å². The standard InChI is InChI=1S/C5H8O3.3C3H4O2/c1-3-8-4(2)5(6)7;3*1-2-3(4)5/h2-3H2,1H3,(H,6,7);3*2H,1H2,(H,4,5). The predicted octanol–water partition coefficient (Wildman–Crippen LogP) is 1.39. The first-order valence-electron chi connectivity index (χ1n) is 5.61. The summed E-state index contributed by atoms with van der Waals surface area (Å²) in [5.41, 5.74) is 0. The zero-order valence-electron chi connectivity index (χ0n) is 12.6. The van der Waals surface area contributed by atoms with Crippen molar-refractivity contribution in [1.29, 1.82) is 0 Å². The van der Waals surface area contributed by atoms with Gasteiger partial charge in [-0.25, -0.2) is 19.2 Å². The third-order valence-corrected chi connectivity index (χ3v) is 1.08. The van der Waals surface area contributed by atoms with E-state index in [1.54, 1.807) is 6.92 Å². The van der Waals surface area contributed by atoms with Gasteiger partial charge in [-0.3, -0.25) is 0 Å². The molecular formula is C14H20O9. The highest BCUT2D eigenvalue weighted by molar-refractivity contribution is 5.83. The Kier molecular flexibility index (Phi) is 25.4. The van der Waals surface area contributed by atoms with E-state index in [4.69, 9.17) is 20.4 Å². The van der Waals surface area contributed by atoms with Crippen LogP contribution < -0.4 is 0 Å². The van der Waals surface area contributed by atoms with Crippen molar-refractivity contribution in [2.24, 2.45) is 0 Å². The van der Waals surface area contributed by atoms with Crippen molar-refractivity contribution in [3.63, 3.8) is 0 Å². The van der Waals surface area contributed by atoms with Crippen molar-refractivity contribution in [1.82, 2.24) is 0 Å². The summed E-state index contributed by atoms with van der Waals surface area (Å²) in [7, 11) is 0. The molecule has 0 aliphatic heterocycles. The minimum absolute atomic E-state index is 0.201. The molecule has 4 N–H and O–H groups in total. The number of carbonyl (C=O) groups is 4. The lowest BCUT2D eigenvalue weighted by Gasteiger charge is -1.97. The average molecular weight is 332 g/mol. The average Bonchev–Trinajstić information content (AvgIpc) is 2.49. The lowest BCUT2D eigenvalue weighted by molar-refractivity contribution is -0.136. The van der Waals surface area contributed by atoms with Gasteiger partial charge in [-0.15, -0.1) is 0 Å². The van der Waals surface area contributed by atoms with E-state index >= 15 is 0 Å². The van der Waals surface area contributed by atoms with Crippen LogP contribution in [0, 0.1) is 0 Å². The summed E-state index contributed by atoms with van der Waals surface area (Å²) in [6.07, 6.45) is 2.50. The van der Waals surface area contributed by atoms with Gasteiger partial charge in [0.15, 0.2) is 5.76 Å². The fourth-order valence-electron chi connectivity index (χ4n) is 0.236. The second-order valence-corrected chi connectivity index (χ2v) is 2.79. The fourth-order valence-corrected chi connectivity index (χ4v) is 0.236. The quantitative estimate of drug-likeness (QED) is 0.416. The van der Waals surface area contributed by atoms with E-state index in [0.29, 0.717) is 6.61 Å². The summed E-state index contributed by atoms with van der Waals surface area (Å²) in [5, 5.41) is 30.9. The van der Waals surface area contributed by atoms with Crippen LogP contribution in [-0.2, 0) is 23.9 Å². The molecule has 0 atom stereocenters. The molecule has 0 rings (SSSR count). The van der Waals surface area contributed by atoms with Crippen LogP contribution >= 0.6 is 0 Å². The predicted molar refractivity (Wildman–Crippen MR) is 81.9 cm³/mol. The van der Waals surface area contributed by atoms with E-state index in [-0.39, 0.29) is 5.76 Å². The normalized spacial score (nSPS) is 7.00. The Hall–Kier alpha value is -3.36. The van der Waals surface area contributed by atoms with Crippen LogP contribution in [0.15, 0.2) is 50.3 Å². The minimum atomic E-state index is -1.10. The third kappa shape index (κ3) is 55.5. The molecular weight excluding hydrogens is 312 g/mol. The highest BCUT2D eigenvalue weighted by atomic mass is 16.5. The number of rotatable bonds is 6. The van der Waals surface area contributed by atoms with Gasteiger partial charge in [0.2, 0.25) is 0 Å². The van der Waals surface area contributed by atoms with Gasteiger partial charge in [-0.05, 0) is 13.5 Å². The lowest BCUT2D eigenvalue weighted by Crippen LogP contribution is -2.02. The van der Waals surface area contributed by atoms with Crippen molar-refractivity contribution in [2.45, 2.75) is 6.92 Å². The molecule has 0 aromatic carbocycles. The summed E-state index contributed by atoms with van der Waals surface area (Å²) in [5.74, 6) is -4.25. The molecule has 130 valence electrons. The van der Waals surface area contributed by atoms with Crippen molar-refractivity contribution in [3.05, 3.63) is 50.3 Å². The lowest BCUT2D eigenvalue weighted by atomic mass is 10.6. The van der Waals surface area contributed by atoms with Crippen LogP contribution in [0.3, 0.4) is 0 Å². The molecule has 0 aromatic heterocycles. The molecule has 0 unspecified atom stereocenters. The van der Waals surface area contributed by atoms with Gasteiger partial charge >= 0.3 is 23.9 Å². The van der Waals surface area contributed by atoms with E-state index in [0.717, 1.165) is 18.2 Å². The third-order valence-electron chi connectivity index (χ3n) is 1.08. The summed E-state index contributed by atoms with van der Waals surface area (Å²) in [6, 6.07) is 0. The van der Waals surface area contributed by atoms with Crippen LogP contribution in [0.2, 0.25) is 0 Å². The Bertz CT molecular complexity index is 393. The zero-order valence-corrected chi connectivity index (χ0v) is 12.6. The van der Waals surface area contributed by atoms with Gasteiger partial charge in [-0.1, -0.05) is 19.7 Å². The molecule has 9 heteroatoms. The Balaban J connectivity index is -0.000000108. The second kappa shape index (κ2) is 20.9. The SMILES string of the molecule is C=C(OCC)C(=O)O.C=CC(=O)O.C=CC(=O)O.C=CC(=O)O. The van der Waals surface area contributed by atoms with Crippen molar-refractivity contribution < 1.29 is 44.3 Å². The molecule has 0 fully saturated rings. The van der Waals surface area contributed by atoms with Crippen molar-refractivity contribution in [2.75, 3.05) is 6.61 Å². The van der Waals surface area contributed by atoms with Gasteiger partial charge in [0.25, 0.3) is 0 Å². The molecule has 0 heterocycles. The first-order valence-corrected chi connectivity index (χ1v) is 5.61. The molecule has 0 saturated heterocycles. The Morgan fingerprint density at radius 2 is 1.04 bits per heavy atom. The number of hydrogen-bond donors (Lipinski definition) is 4. The Morgan fingerprint density at radius 1 is 0.826 bits per heavy atom. The van der Waals surface area contributed by atoms with Gasteiger partial charge in [-0.2, -0.15) is 0 Å². The zero-order chi connectivity index (χ0) is 19.4. The molecule has 0 radical (unpaired) electrons. The van der Waals surface area contributed by atoms with Gasteiger partial charge < -0.3 is 25.2 Å². The Morgan fingerprint density at radius 3 is 1.09 bits per heavy atom. The second-order valence-electron chi connectivity index (χ2n) is 2.79. The van der Waals surface area contributed by atoms with Crippen molar-refractivity contribution >= 4 is 23.9 Å². The molecule has 0 aromatic rings. The Labute approximate surface area is 133 Å². The highest BCUT2D eigenvalue weighted by Crippen LogP contribution is 1.90. The maximum atomic E-state index is 9.86. The van der Waals surface area contributed by atoms with Crippen molar-refractivity contribution in [3.8, 4) is 0 Å². The summed E-state index contributed by atoms with van der Waals surface area (Å²) in [4.78, 5) is 37.6. The smallest absolute Gasteiger partial charge is 0.370 e. The highest BCUT2D eigenvalue weighted by Gasteiger charge is 2.00. The number of aliphatic carboxylic acids is 4. The summed E-state index contributed by atoms with van der Waals surface area (Å²) in [6.45, 7) is 14.1. The largest absolute Gasteiger partial charge is 0.487 e. The summed E-state index contributed by atoms with van der Waals surface area (Å²) >= 11 is 0. The first kappa shape index (κ1) is 27.9.